The minimum Gasteiger partial charge on any atom is -0.207 e. The van der Waals surface area contributed by atoms with Gasteiger partial charge >= 0.3 is 6.18 Å². The summed E-state index contributed by atoms with van der Waals surface area (Å²) in [4.78, 5) is -0.903. The van der Waals surface area contributed by atoms with Crippen LogP contribution >= 0.6 is 0 Å². The summed E-state index contributed by atoms with van der Waals surface area (Å²) in [5, 5.41) is 0. The molecule has 0 aliphatic heterocycles. The highest BCUT2D eigenvalue weighted by atomic mass is 32.2. The Kier molecular flexibility index (Phi) is 3.72. The molecular weight excluding hydrogens is 269 g/mol. The van der Waals surface area contributed by atoms with Gasteiger partial charge in [-0.15, -0.1) is 0 Å². The van der Waals surface area contributed by atoms with Gasteiger partial charge in [-0.05, 0) is 12.1 Å². The molecule has 0 heterocycles. The summed E-state index contributed by atoms with van der Waals surface area (Å²) >= 11 is 0. The van der Waals surface area contributed by atoms with Crippen LogP contribution in [0.2, 0.25) is 0 Å². The van der Waals surface area contributed by atoms with Crippen molar-refractivity contribution in [3.8, 4) is 0 Å². The van der Waals surface area contributed by atoms with Gasteiger partial charge in [-0.25, -0.2) is 21.9 Å². The predicted molar refractivity (Wildman–Crippen MR) is 47.6 cm³/mol. The molecule has 3 nitrogen and oxygen atoms in total. The topological polar surface area (TPSA) is 46.2 Å². The van der Waals surface area contributed by atoms with Gasteiger partial charge in [0.15, 0.2) is 0 Å². The highest BCUT2D eigenvalue weighted by Crippen LogP contribution is 2.16. The second-order valence-corrected chi connectivity index (χ2v) is 4.81. The van der Waals surface area contributed by atoms with Crippen molar-refractivity contribution in [2.45, 2.75) is 11.1 Å². The average molecular weight is 275 g/mol. The van der Waals surface area contributed by atoms with Crippen LogP contribution in [0.4, 0.5) is 22.0 Å². The van der Waals surface area contributed by atoms with E-state index < -0.39 is 39.3 Å². The molecule has 0 amide bonds. The van der Waals surface area contributed by atoms with Crippen LogP contribution in [0, 0.1) is 11.6 Å². The Labute approximate surface area is 93.3 Å². The second-order valence-electron chi connectivity index (χ2n) is 3.04. The first-order valence-electron chi connectivity index (χ1n) is 4.13. The first-order chi connectivity index (χ1) is 7.60. The molecule has 0 fully saturated rings. The lowest BCUT2D eigenvalue weighted by Gasteiger charge is -2.09. The van der Waals surface area contributed by atoms with Crippen LogP contribution in [0.1, 0.15) is 0 Å². The fourth-order valence-electron chi connectivity index (χ4n) is 0.944. The summed E-state index contributed by atoms with van der Waals surface area (Å²) in [6, 6.07) is 1.24. The number of sulfonamides is 1. The third-order valence-electron chi connectivity index (χ3n) is 1.61. The van der Waals surface area contributed by atoms with Crippen LogP contribution in [0.5, 0.6) is 0 Å². The molecule has 0 spiro atoms. The third-order valence-corrected chi connectivity index (χ3v) is 2.99. The molecule has 0 radical (unpaired) electrons. The molecule has 0 bridgehead atoms. The van der Waals surface area contributed by atoms with E-state index in [-0.39, 0.29) is 0 Å². The fraction of sp³-hybridized carbons (Fsp3) is 0.250. The molecule has 1 N–H and O–H groups in total. The highest BCUT2D eigenvalue weighted by molar-refractivity contribution is 7.89. The number of benzene rings is 1. The van der Waals surface area contributed by atoms with E-state index in [1.54, 1.807) is 0 Å². The van der Waals surface area contributed by atoms with Crippen molar-refractivity contribution < 1.29 is 30.4 Å². The Morgan fingerprint density at radius 1 is 1.06 bits per heavy atom. The number of rotatable bonds is 3. The molecule has 17 heavy (non-hydrogen) atoms. The van der Waals surface area contributed by atoms with Gasteiger partial charge in [-0.3, -0.25) is 0 Å². The maximum atomic E-state index is 12.7. The van der Waals surface area contributed by atoms with Crippen molar-refractivity contribution in [3.63, 3.8) is 0 Å². The van der Waals surface area contributed by atoms with Crippen molar-refractivity contribution >= 4 is 10.0 Å². The summed E-state index contributed by atoms with van der Waals surface area (Å²) in [5.74, 6) is -2.39. The molecule has 1 rings (SSSR count). The van der Waals surface area contributed by atoms with Gasteiger partial charge in [-0.1, -0.05) is 0 Å². The zero-order valence-corrected chi connectivity index (χ0v) is 8.87. The van der Waals surface area contributed by atoms with E-state index >= 15 is 0 Å². The number of alkyl halides is 3. The highest BCUT2D eigenvalue weighted by Gasteiger charge is 2.30. The Balaban J connectivity index is 2.98. The first-order valence-corrected chi connectivity index (χ1v) is 5.61. The lowest BCUT2D eigenvalue weighted by Crippen LogP contribution is -2.33. The van der Waals surface area contributed by atoms with Crippen LogP contribution < -0.4 is 4.72 Å². The van der Waals surface area contributed by atoms with Gasteiger partial charge in [0.25, 0.3) is 0 Å². The van der Waals surface area contributed by atoms with Crippen molar-refractivity contribution in [1.82, 2.24) is 4.72 Å². The summed E-state index contributed by atoms with van der Waals surface area (Å²) in [6.45, 7) is -1.81. The van der Waals surface area contributed by atoms with Crippen LogP contribution in [0.25, 0.3) is 0 Å². The Morgan fingerprint density at radius 3 is 1.94 bits per heavy atom. The summed E-state index contributed by atoms with van der Waals surface area (Å²) in [5.41, 5.74) is 0. The fourth-order valence-corrected chi connectivity index (χ4v) is 2.00. The van der Waals surface area contributed by atoms with Crippen molar-refractivity contribution in [2.24, 2.45) is 0 Å². The SMILES string of the molecule is O=S(=O)(NCC(F)(F)F)c1cc(F)cc(F)c1. The molecule has 0 aliphatic rings. The van der Waals surface area contributed by atoms with E-state index in [0.717, 1.165) is 0 Å². The normalized spacial score (nSPS) is 12.8. The lowest BCUT2D eigenvalue weighted by molar-refractivity contribution is -0.121. The van der Waals surface area contributed by atoms with Crippen LogP contribution in [0.3, 0.4) is 0 Å². The molecule has 1 aromatic rings. The monoisotopic (exact) mass is 275 g/mol. The van der Waals surface area contributed by atoms with Gasteiger partial charge in [0.05, 0.1) is 4.90 Å². The number of nitrogens with one attached hydrogen (secondary N) is 1. The van der Waals surface area contributed by atoms with Crippen LogP contribution in [0.15, 0.2) is 23.1 Å². The predicted octanol–water partition coefficient (Wildman–Crippen LogP) is 1.81. The zero-order valence-electron chi connectivity index (χ0n) is 8.05. The number of halogens is 5. The smallest absolute Gasteiger partial charge is 0.207 e. The molecule has 1 aromatic carbocycles. The largest absolute Gasteiger partial charge is 0.402 e. The first kappa shape index (κ1) is 13.8. The molecular formula is C8H6F5NO2S. The Morgan fingerprint density at radius 2 is 1.53 bits per heavy atom. The van der Waals surface area contributed by atoms with E-state index in [4.69, 9.17) is 0 Å². The summed E-state index contributed by atoms with van der Waals surface area (Å²) in [6.07, 6.45) is -4.75. The molecule has 0 atom stereocenters. The minimum absolute atomic E-state index is 0.406. The molecule has 0 saturated carbocycles. The van der Waals surface area contributed by atoms with E-state index in [1.165, 1.54) is 4.72 Å². The second kappa shape index (κ2) is 4.57. The minimum atomic E-state index is -4.75. The zero-order chi connectivity index (χ0) is 13.3. The van der Waals surface area contributed by atoms with Gasteiger partial charge < -0.3 is 0 Å². The van der Waals surface area contributed by atoms with Crippen molar-refractivity contribution in [3.05, 3.63) is 29.8 Å². The van der Waals surface area contributed by atoms with Crippen molar-refractivity contribution in [2.75, 3.05) is 6.54 Å². The molecule has 0 unspecified atom stereocenters. The van der Waals surface area contributed by atoms with E-state index in [2.05, 4.69) is 0 Å². The summed E-state index contributed by atoms with van der Waals surface area (Å²) < 4.78 is 84.4. The van der Waals surface area contributed by atoms with Crippen LogP contribution in [-0.4, -0.2) is 21.1 Å². The number of hydrogen-bond donors (Lipinski definition) is 1. The standard InChI is InChI=1S/C8H6F5NO2S/c9-5-1-6(10)3-7(2-5)17(15,16)14-4-8(11,12)13/h1-3,14H,4H2. The molecule has 96 valence electrons. The molecule has 0 aromatic heterocycles. The Bertz CT molecular complexity index is 491. The molecule has 9 heteroatoms. The van der Waals surface area contributed by atoms with Crippen molar-refractivity contribution in [1.29, 1.82) is 0 Å². The van der Waals surface area contributed by atoms with Crippen LogP contribution in [-0.2, 0) is 10.0 Å². The maximum absolute atomic E-state index is 12.7. The Hall–Kier alpha value is -1.22. The van der Waals surface area contributed by atoms with Gasteiger partial charge in [0.1, 0.15) is 18.2 Å². The molecule has 0 saturated heterocycles. The van der Waals surface area contributed by atoms with Gasteiger partial charge in [-0.2, -0.15) is 13.2 Å². The summed E-state index contributed by atoms with van der Waals surface area (Å²) in [7, 11) is -4.59. The molecule has 0 aliphatic carbocycles. The van der Waals surface area contributed by atoms with Gasteiger partial charge in [0.2, 0.25) is 10.0 Å². The van der Waals surface area contributed by atoms with E-state index in [9.17, 15) is 30.4 Å². The quantitative estimate of drug-likeness (QED) is 0.855. The number of hydrogen-bond acceptors (Lipinski definition) is 2. The lowest BCUT2D eigenvalue weighted by atomic mass is 10.3. The van der Waals surface area contributed by atoms with Gasteiger partial charge in [0, 0.05) is 6.07 Å². The maximum Gasteiger partial charge on any atom is 0.402 e. The average Bonchev–Trinajstić information content (AvgIpc) is 2.12. The van der Waals surface area contributed by atoms with E-state index in [1.807, 2.05) is 0 Å². The third kappa shape index (κ3) is 4.27. The van der Waals surface area contributed by atoms with E-state index in [0.29, 0.717) is 18.2 Å².